The molecular formula is C13H21N3O3S. The Morgan fingerprint density at radius 3 is 2.55 bits per heavy atom. The van der Waals surface area contributed by atoms with Gasteiger partial charge in [-0.25, -0.2) is 8.42 Å². The van der Waals surface area contributed by atoms with E-state index in [1.807, 2.05) is 12.1 Å². The van der Waals surface area contributed by atoms with Gasteiger partial charge in [0, 0.05) is 6.26 Å². The van der Waals surface area contributed by atoms with Gasteiger partial charge < -0.3 is 15.8 Å². The van der Waals surface area contributed by atoms with Crippen LogP contribution >= 0.6 is 0 Å². The molecule has 1 rings (SSSR count). The maximum atomic E-state index is 11.6. The summed E-state index contributed by atoms with van der Waals surface area (Å²) in [6.45, 7) is 3.31. The van der Waals surface area contributed by atoms with Crippen molar-refractivity contribution >= 4 is 21.5 Å². The first-order valence-electron chi connectivity index (χ1n) is 6.07. The number of rotatable bonds is 5. The highest BCUT2D eigenvalue weighted by Gasteiger charge is 2.29. The molecule has 0 atom stereocenters. The van der Waals surface area contributed by atoms with Crippen LogP contribution in [0.25, 0.3) is 0 Å². The van der Waals surface area contributed by atoms with Crippen LogP contribution in [-0.4, -0.2) is 39.0 Å². The van der Waals surface area contributed by atoms with E-state index in [-0.39, 0.29) is 12.5 Å². The summed E-state index contributed by atoms with van der Waals surface area (Å²) >= 11 is 0. The third-order valence-corrected chi connectivity index (χ3v) is 5.14. The number of nitrogens with one attached hydrogen (secondary N) is 1. The van der Waals surface area contributed by atoms with E-state index in [1.54, 1.807) is 33.1 Å². The fourth-order valence-corrected chi connectivity index (χ4v) is 1.62. The number of guanidine groups is 1. The molecule has 0 saturated heterocycles. The number of methoxy groups -OCH3 is 1. The first kappa shape index (κ1) is 16.3. The Hall–Kier alpha value is -1.76. The second-order valence-electron chi connectivity index (χ2n) is 5.06. The summed E-state index contributed by atoms with van der Waals surface area (Å²) in [5, 5.41) is 2.89. The summed E-state index contributed by atoms with van der Waals surface area (Å²) in [6, 6.07) is 7.25. The quantitative estimate of drug-likeness (QED) is 0.630. The van der Waals surface area contributed by atoms with Crippen molar-refractivity contribution in [1.82, 2.24) is 0 Å². The molecule has 112 valence electrons. The molecule has 0 bridgehead atoms. The molecule has 1 aromatic carbocycles. The predicted molar refractivity (Wildman–Crippen MR) is 82.0 cm³/mol. The number of ether oxygens (including phenoxy) is 1. The van der Waals surface area contributed by atoms with Gasteiger partial charge in [-0.2, -0.15) is 0 Å². The highest BCUT2D eigenvalue weighted by molar-refractivity contribution is 7.92. The summed E-state index contributed by atoms with van der Waals surface area (Å²) in [4.78, 5) is 4.08. The number of para-hydroxylation sites is 2. The number of hydrogen-bond donors (Lipinski definition) is 2. The van der Waals surface area contributed by atoms with E-state index in [9.17, 15) is 8.42 Å². The lowest BCUT2D eigenvalue weighted by atomic mass is 10.2. The Morgan fingerprint density at radius 2 is 2.00 bits per heavy atom. The van der Waals surface area contributed by atoms with E-state index in [4.69, 9.17) is 10.5 Å². The van der Waals surface area contributed by atoms with Gasteiger partial charge in [0.1, 0.15) is 5.75 Å². The van der Waals surface area contributed by atoms with Gasteiger partial charge in [0.2, 0.25) is 0 Å². The predicted octanol–water partition coefficient (Wildman–Crippen LogP) is 1.25. The van der Waals surface area contributed by atoms with E-state index in [0.29, 0.717) is 11.4 Å². The minimum atomic E-state index is -3.20. The molecule has 0 aliphatic carbocycles. The first-order valence-corrected chi connectivity index (χ1v) is 7.96. The van der Waals surface area contributed by atoms with Crippen LogP contribution in [0, 0.1) is 0 Å². The van der Waals surface area contributed by atoms with E-state index in [2.05, 4.69) is 10.3 Å². The van der Waals surface area contributed by atoms with Crippen LogP contribution in [0.4, 0.5) is 5.69 Å². The molecule has 1 aromatic rings. The van der Waals surface area contributed by atoms with Crippen molar-refractivity contribution in [2.24, 2.45) is 10.7 Å². The van der Waals surface area contributed by atoms with Gasteiger partial charge >= 0.3 is 0 Å². The summed E-state index contributed by atoms with van der Waals surface area (Å²) < 4.78 is 27.4. The number of hydrogen-bond acceptors (Lipinski definition) is 4. The minimum absolute atomic E-state index is 0.0832. The number of sulfone groups is 1. The zero-order valence-electron chi connectivity index (χ0n) is 12.2. The van der Waals surface area contributed by atoms with Crippen LogP contribution in [0.3, 0.4) is 0 Å². The normalized spacial score (nSPS) is 13.1. The van der Waals surface area contributed by atoms with E-state index in [1.165, 1.54) is 6.26 Å². The Labute approximate surface area is 120 Å². The van der Waals surface area contributed by atoms with Crippen molar-refractivity contribution in [3.63, 3.8) is 0 Å². The summed E-state index contributed by atoms with van der Waals surface area (Å²) in [5.41, 5.74) is 6.44. The van der Waals surface area contributed by atoms with Crippen molar-refractivity contribution < 1.29 is 13.2 Å². The molecule has 0 radical (unpaired) electrons. The lowest BCUT2D eigenvalue weighted by molar-refractivity contribution is 0.417. The maximum Gasteiger partial charge on any atom is 0.193 e. The molecule has 20 heavy (non-hydrogen) atoms. The summed E-state index contributed by atoms with van der Waals surface area (Å²) in [7, 11) is -1.64. The van der Waals surface area contributed by atoms with Gasteiger partial charge in [0.25, 0.3) is 0 Å². The number of nitrogens with two attached hydrogens (primary N) is 1. The molecule has 0 aromatic heterocycles. The van der Waals surface area contributed by atoms with E-state index in [0.717, 1.165) is 0 Å². The minimum Gasteiger partial charge on any atom is -0.495 e. The second kappa shape index (κ2) is 6.13. The topological polar surface area (TPSA) is 93.8 Å². The van der Waals surface area contributed by atoms with Crippen LogP contribution < -0.4 is 15.8 Å². The average molecular weight is 299 g/mol. The lowest BCUT2D eigenvalue weighted by Gasteiger charge is -2.20. The molecule has 0 fully saturated rings. The zero-order valence-corrected chi connectivity index (χ0v) is 13.0. The Morgan fingerprint density at radius 1 is 1.40 bits per heavy atom. The van der Waals surface area contributed by atoms with Crippen LogP contribution in [0.1, 0.15) is 13.8 Å². The number of aliphatic imine (C=N–C) groups is 1. The van der Waals surface area contributed by atoms with Gasteiger partial charge in [0.15, 0.2) is 15.8 Å². The molecule has 0 aliphatic rings. The van der Waals surface area contributed by atoms with Crippen molar-refractivity contribution in [1.29, 1.82) is 0 Å². The highest BCUT2D eigenvalue weighted by Crippen LogP contribution is 2.22. The molecule has 0 saturated carbocycles. The van der Waals surface area contributed by atoms with Crippen molar-refractivity contribution in [2.45, 2.75) is 18.6 Å². The number of benzene rings is 1. The SMILES string of the molecule is COc1ccccc1NC(N)=NCC(C)(C)S(C)(=O)=O. The Balaban J connectivity index is 2.81. The largest absolute Gasteiger partial charge is 0.495 e. The van der Waals surface area contributed by atoms with Gasteiger partial charge in [-0.1, -0.05) is 12.1 Å². The lowest BCUT2D eigenvalue weighted by Crippen LogP contribution is -2.36. The molecule has 7 heteroatoms. The average Bonchev–Trinajstić information content (AvgIpc) is 2.36. The van der Waals surface area contributed by atoms with Gasteiger partial charge in [-0.15, -0.1) is 0 Å². The third-order valence-electron chi connectivity index (χ3n) is 3.00. The number of nitrogens with zero attached hydrogens (tertiary/aromatic N) is 1. The standard InChI is InChI=1S/C13H21N3O3S/c1-13(2,20(4,17)18)9-15-12(14)16-10-7-5-6-8-11(10)19-3/h5-8H,9H2,1-4H3,(H3,14,15,16). The van der Waals surface area contributed by atoms with Crippen LogP contribution in [0.15, 0.2) is 29.3 Å². The van der Waals surface area contributed by atoms with E-state index < -0.39 is 14.6 Å². The molecular weight excluding hydrogens is 278 g/mol. The smallest absolute Gasteiger partial charge is 0.193 e. The van der Waals surface area contributed by atoms with Crippen LogP contribution in [-0.2, 0) is 9.84 Å². The molecule has 0 spiro atoms. The van der Waals surface area contributed by atoms with Crippen LogP contribution in [0.5, 0.6) is 5.75 Å². The van der Waals surface area contributed by atoms with Crippen molar-refractivity contribution in [3.8, 4) is 5.75 Å². The second-order valence-corrected chi connectivity index (χ2v) is 7.71. The van der Waals surface area contributed by atoms with Gasteiger partial charge in [-0.3, -0.25) is 4.99 Å². The molecule has 3 N–H and O–H groups in total. The van der Waals surface area contributed by atoms with E-state index >= 15 is 0 Å². The monoisotopic (exact) mass is 299 g/mol. The first-order chi connectivity index (χ1) is 9.17. The van der Waals surface area contributed by atoms with Crippen LogP contribution in [0.2, 0.25) is 0 Å². The molecule has 6 nitrogen and oxygen atoms in total. The third kappa shape index (κ3) is 4.12. The van der Waals surface area contributed by atoms with Gasteiger partial charge in [0.05, 0.1) is 24.1 Å². The maximum absolute atomic E-state index is 11.6. The molecule has 0 aliphatic heterocycles. The molecule has 0 amide bonds. The fourth-order valence-electron chi connectivity index (χ4n) is 1.32. The van der Waals surface area contributed by atoms with Gasteiger partial charge in [-0.05, 0) is 26.0 Å². The summed E-state index contributed by atoms with van der Waals surface area (Å²) in [6.07, 6.45) is 1.19. The number of anilines is 1. The summed E-state index contributed by atoms with van der Waals surface area (Å²) in [5.74, 6) is 0.777. The fraction of sp³-hybridized carbons (Fsp3) is 0.462. The Bertz CT molecular complexity index is 595. The highest BCUT2D eigenvalue weighted by atomic mass is 32.2. The van der Waals surface area contributed by atoms with Crippen molar-refractivity contribution in [2.75, 3.05) is 25.2 Å². The Kier molecular flexibility index (Phi) is 4.99. The molecule has 0 unspecified atom stereocenters. The zero-order chi connectivity index (χ0) is 15.4. The van der Waals surface area contributed by atoms with Crippen molar-refractivity contribution in [3.05, 3.63) is 24.3 Å². The molecule has 0 heterocycles.